The first-order valence-corrected chi connectivity index (χ1v) is 12.1. The number of aliphatic imine (C=N–C) groups is 1. The molecule has 3 rings (SSSR count). The van der Waals surface area contributed by atoms with Crippen LogP contribution in [0, 0.1) is 0 Å². The van der Waals surface area contributed by atoms with Crippen LogP contribution in [0.3, 0.4) is 0 Å². The fourth-order valence-electron chi connectivity index (χ4n) is 3.30. The Hall–Kier alpha value is -3.19. The van der Waals surface area contributed by atoms with Crippen LogP contribution < -0.4 is 20.7 Å². The molecule has 1 amide bonds. The molecule has 5 N–H and O–H groups in total. The summed E-state index contributed by atoms with van der Waals surface area (Å²) >= 11 is 0. The van der Waals surface area contributed by atoms with Gasteiger partial charge in [0.2, 0.25) is 15.9 Å². The fourth-order valence-corrected chi connectivity index (χ4v) is 4.51. The molecule has 13 heteroatoms. The SMILES string of the molecule is O=C(CC1=NOC(CCCNC2=NCCN2)C1)NCC(NS(=O)(=O)c1ccccc1)C(=O)O. The largest absolute Gasteiger partial charge is 0.480 e. The van der Waals surface area contributed by atoms with E-state index in [0.29, 0.717) is 12.1 Å². The van der Waals surface area contributed by atoms with Gasteiger partial charge in [-0.05, 0) is 25.0 Å². The summed E-state index contributed by atoms with van der Waals surface area (Å²) in [6, 6.07) is 5.90. The number of nitrogens with zero attached hydrogens (tertiary/aromatic N) is 2. The van der Waals surface area contributed by atoms with Gasteiger partial charge in [-0.2, -0.15) is 4.72 Å². The van der Waals surface area contributed by atoms with Crippen LogP contribution in [0.25, 0.3) is 0 Å². The number of aliphatic carboxylic acids is 1. The lowest BCUT2D eigenvalue weighted by molar-refractivity contribution is -0.138. The normalized spacial score (nSPS) is 18.5. The minimum Gasteiger partial charge on any atom is -0.480 e. The highest BCUT2D eigenvalue weighted by Crippen LogP contribution is 2.17. The van der Waals surface area contributed by atoms with Gasteiger partial charge in [0.15, 0.2) is 5.96 Å². The Morgan fingerprint density at radius 2 is 2.06 bits per heavy atom. The zero-order valence-corrected chi connectivity index (χ0v) is 18.8. The summed E-state index contributed by atoms with van der Waals surface area (Å²) < 4.78 is 26.8. The molecule has 2 unspecified atom stereocenters. The second-order valence-corrected chi connectivity index (χ2v) is 9.34. The second kappa shape index (κ2) is 11.6. The molecule has 0 bridgehead atoms. The van der Waals surface area contributed by atoms with Gasteiger partial charge in [0.25, 0.3) is 0 Å². The molecule has 2 aliphatic heterocycles. The number of oxime groups is 1. The monoisotopic (exact) mass is 480 g/mol. The van der Waals surface area contributed by atoms with E-state index in [1.165, 1.54) is 24.3 Å². The molecule has 0 spiro atoms. The summed E-state index contributed by atoms with van der Waals surface area (Å²) in [5.41, 5.74) is 0.559. The highest BCUT2D eigenvalue weighted by Gasteiger charge is 2.27. The number of carbonyl (C=O) groups excluding carboxylic acids is 1. The Morgan fingerprint density at radius 1 is 1.27 bits per heavy atom. The maximum atomic E-state index is 12.4. The number of sulfonamides is 1. The summed E-state index contributed by atoms with van der Waals surface area (Å²) in [5, 5.41) is 22.1. The van der Waals surface area contributed by atoms with Crippen molar-refractivity contribution in [1.29, 1.82) is 0 Å². The van der Waals surface area contributed by atoms with Crippen LogP contribution in [0.5, 0.6) is 0 Å². The highest BCUT2D eigenvalue weighted by atomic mass is 32.2. The quantitative estimate of drug-likeness (QED) is 0.247. The summed E-state index contributed by atoms with van der Waals surface area (Å²) in [7, 11) is -4.04. The third-order valence-electron chi connectivity index (χ3n) is 4.98. The number of carbonyl (C=O) groups is 2. The van der Waals surface area contributed by atoms with E-state index in [4.69, 9.17) is 4.84 Å². The minimum absolute atomic E-state index is 0.0484. The summed E-state index contributed by atoms with van der Waals surface area (Å²) in [6.45, 7) is 1.97. The molecule has 1 aromatic rings. The van der Waals surface area contributed by atoms with Crippen LogP contribution in [-0.4, -0.2) is 75.4 Å². The molecule has 0 saturated heterocycles. The lowest BCUT2D eigenvalue weighted by atomic mass is 10.1. The first-order chi connectivity index (χ1) is 15.8. The number of nitrogens with one attached hydrogen (secondary N) is 4. The van der Waals surface area contributed by atoms with Gasteiger partial charge in [-0.1, -0.05) is 23.4 Å². The van der Waals surface area contributed by atoms with E-state index in [-0.39, 0.29) is 17.4 Å². The van der Waals surface area contributed by atoms with E-state index in [1.807, 2.05) is 0 Å². The maximum Gasteiger partial charge on any atom is 0.323 e. The molecule has 180 valence electrons. The summed E-state index contributed by atoms with van der Waals surface area (Å²) in [5.74, 6) is -1.05. The van der Waals surface area contributed by atoms with E-state index in [1.54, 1.807) is 6.07 Å². The van der Waals surface area contributed by atoms with Crippen LogP contribution in [0.2, 0.25) is 0 Å². The Labute approximate surface area is 191 Å². The van der Waals surface area contributed by atoms with Gasteiger partial charge in [0, 0.05) is 26.1 Å². The number of amides is 1. The number of hydrogen-bond donors (Lipinski definition) is 5. The van der Waals surface area contributed by atoms with Gasteiger partial charge in [0.05, 0.1) is 23.6 Å². The molecule has 2 atom stereocenters. The van der Waals surface area contributed by atoms with Gasteiger partial charge in [-0.25, -0.2) is 8.42 Å². The molecular formula is C20H28N6O6S. The first-order valence-electron chi connectivity index (χ1n) is 10.6. The van der Waals surface area contributed by atoms with Crippen LogP contribution in [0.4, 0.5) is 0 Å². The van der Waals surface area contributed by atoms with Gasteiger partial charge >= 0.3 is 5.97 Å². The van der Waals surface area contributed by atoms with Gasteiger partial charge in [-0.3, -0.25) is 14.6 Å². The average Bonchev–Trinajstić information content (AvgIpc) is 3.47. The van der Waals surface area contributed by atoms with Crippen LogP contribution in [-0.2, 0) is 24.4 Å². The average molecular weight is 481 g/mol. The van der Waals surface area contributed by atoms with Crippen LogP contribution >= 0.6 is 0 Å². The number of carboxylic acid groups (broad SMARTS) is 1. The topological polar surface area (TPSA) is 171 Å². The van der Waals surface area contributed by atoms with E-state index >= 15 is 0 Å². The van der Waals surface area contributed by atoms with E-state index in [2.05, 4.69) is 30.8 Å². The van der Waals surface area contributed by atoms with Crippen molar-refractivity contribution < 1.29 is 28.0 Å². The predicted octanol–water partition coefficient (Wildman–Crippen LogP) is -0.602. The summed E-state index contributed by atoms with van der Waals surface area (Å²) in [4.78, 5) is 33.3. The lowest BCUT2D eigenvalue weighted by Crippen LogP contribution is -2.48. The molecule has 0 aliphatic carbocycles. The third kappa shape index (κ3) is 7.71. The Bertz CT molecular complexity index is 998. The van der Waals surface area contributed by atoms with Crippen molar-refractivity contribution in [2.24, 2.45) is 10.1 Å². The van der Waals surface area contributed by atoms with Crippen molar-refractivity contribution in [3.8, 4) is 0 Å². The first kappa shape index (κ1) is 24.5. The van der Waals surface area contributed by atoms with Crippen molar-refractivity contribution in [1.82, 2.24) is 20.7 Å². The van der Waals surface area contributed by atoms with E-state index < -0.39 is 34.5 Å². The third-order valence-corrected chi connectivity index (χ3v) is 6.47. The predicted molar refractivity (Wildman–Crippen MR) is 120 cm³/mol. The Morgan fingerprint density at radius 3 is 2.76 bits per heavy atom. The second-order valence-electron chi connectivity index (χ2n) is 7.62. The number of guanidine groups is 1. The van der Waals surface area contributed by atoms with E-state index in [0.717, 1.165) is 38.4 Å². The number of hydrogen-bond acceptors (Lipinski definition) is 9. The molecule has 0 radical (unpaired) electrons. The zero-order chi connectivity index (χ0) is 23.7. The van der Waals surface area contributed by atoms with Gasteiger partial charge in [0.1, 0.15) is 12.1 Å². The van der Waals surface area contributed by atoms with Crippen molar-refractivity contribution in [3.63, 3.8) is 0 Å². The number of benzene rings is 1. The Kier molecular flexibility index (Phi) is 8.60. The molecule has 1 aromatic carbocycles. The van der Waals surface area contributed by atoms with Crippen LogP contribution in [0.1, 0.15) is 25.7 Å². The lowest BCUT2D eigenvalue weighted by Gasteiger charge is -2.15. The standard InChI is InChI=1S/C20H28N6O6S/c27-18(12-14-11-15(32-25-14)5-4-8-21-20-22-9-10-23-20)24-13-17(19(28)29)26-33(30,31)16-6-2-1-3-7-16/h1-3,6-7,15,17,26H,4-5,8-13H2,(H,24,27)(H,28,29)(H2,21,22,23). The van der Waals surface area contributed by atoms with Crippen molar-refractivity contribution in [3.05, 3.63) is 30.3 Å². The highest BCUT2D eigenvalue weighted by molar-refractivity contribution is 7.89. The van der Waals surface area contributed by atoms with Crippen molar-refractivity contribution in [2.45, 2.75) is 42.7 Å². The molecule has 2 heterocycles. The fraction of sp³-hybridized carbons (Fsp3) is 0.500. The smallest absolute Gasteiger partial charge is 0.323 e. The zero-order valence-electron chi connectivity index (χ0n) is 18.0. The summed E-state index contributed by atoms with van der Waals surface area (Å²) in [6.07, 6.45) is 1.96. The molecule has 0 aromatic heterocycles. The minimum atomic E-state index is -4.04. The number of carboxylic acids is 1. The van der Waals surface area contributed by atoms with Crippen molar-refractivity contribution in [2.75, 3.05) is 26.2 Å². The van der Waals surface area contributed by atoms with E-state index in [9.17, 15) is 23.1 Å². The molecular weight excluding hydrogens is 452 g/mol. The maximum absolute atomic E-state index is 12.4. The molecule has 0 saturated carbocycles. The number of rotatable bonds is 12. The van der Waals surface area contributed by atoms with Gasteiger partial charge in [-0.15, -0.1) is 0 Å². The van der Waals surface area contributed by atoms with Gasteiger partial charge < -0.3 is 25.9 Å². The Balaban J connectivity index is 1.37. The molecule has 33 heavy (non-hydrogen) atoms. The molecule has 2 aliphatic rings. The van der Waals surface area contributed by atoms with Crippen LogP contribution in [0.15, 0.2) is 45.4 Å². The molecule has 12 nitrogen and oxygen atoms in total. The van der Waals surface area contributed by atoms with Crippen molar-refractivity contribution >= 4 is 33.6 Å². The molecule has 0 fully saturated rings.